The summed E-state index contributed by atoms with van der Waals surface area (Å²) in [6, 6.07) is 5.62. The van der Waals surface area contributed by atoms with Crippen LogP contribution >= 0.6 is 11.3 Å². The van der Waals surface area contributed by atoms with Gasteiger partial charge in [0.15, 0.2) is 9.34 Å². The Kier molecular flexibility index (Phi) is 7.30. The molecule has 2 aromatic heterocycles. The number of piperazine rings is 1. The molecular formula is C26H32N8O5S2. The second kappa shape index (κ2) is 10.8. The van der Waals surface area contributed by atoms with Gasteiger partial charge in [0.1, 0.15) is 12.1 Å². The minimum Gasteiger partial charge on any atom is -0.465 e. The molecule has 0 spiro atoms. The molecule has 13 nitrogen and oxygen atoms in total. The fourth-order valence-electron chi connectivity index (χ4n) is 5.81. The van der Waals surface area contributed by atoms with Gasteiger partial charge in [0.05, 0.1) is 16.8 Å². The molecule has 3 N–H and O–H groups in total. The minimum atomic E-state index is -3.78. The molecule has 3 aliphatic rings. The maximum absolute atomic E-state index is 13.2. The second-order valence-electron chi connectivity index (χ2n) is 11.0. The number of thiazole rings is 1. The van der Waals surface area contributed by atoms with Gasteiger partial charge in [-0.1, -0.05) is 17.4 Å². The quantitative estimate of drug-likeness (QED) is 0.350. The number of carboxylic acid groups (broad SMARTS) is 1. The van der Waals surface area contributed by atoms with Crippen LogP contribution in [0.15, 0.2) is 28.7 Å². The zero-order valence-corrected chi connectivity index (χ0v) is 24.4. The van der Waals surface area contributed by atoms with Gasteiger partial charge >= 0.3 is 6.09 Å². The van der Waals surface area contributed by atoms with Crippen molar-refractivity contribution in [3.63, 3.8) is 0 Å². The van der Waals surface area contributed by atoms with E-state index < -0.39 is 16.1 Å². The molecule has 2 amide bonds. The van der Waals surface area contributed by atoms with Gasteiger partial charge in [-0.2, -0.15) is 4.31 Å². The van der Waals surface area contributed by atoms with E-state index in [1.807, 2.05) is 30.0 Å². The van der Waals surface area contributed by atoms with Crippen LogP contribution in [0.2, 0.25) is 0 Å². The monoisotopic (exact) mass is 600 g/mol. The second-order valence-corrected chi connectivity index (χ2v) is 14.1. The maximum atomic E-state index is 13.2. The molecule has 2 saturated heterocycles. The first-order valence-electron chi connectivity index (χ1n) is 13.6. The van der Waals surface area contributed by atoms with Gasteiger partial charge in [-0.15, -0.1) is 0 Å². The van der Waals surface area contributed by atoms with Crippen molar-refractivity contribution in [3.05, 3.63) is 35.8 Å². The predicted octanol–water partition coefficient (Wildman–Crippen LogP) is 2.38. The van der Waals surface area contributed by atoms with E-state index in [0.717, 1.165) is 29.8 Å². The van der Waals surface area contributed by atoms with Gasteiger partial charge in [0, 0.05) is 57.2 Å². The van der Waals surface area contributed by atoms with E-state index >= 15 is 0 Å². The number of hydrogen-bond acceptors (Lipinski definition) is 10. The van der Waals surface area contributed by atoms with Crippen molar-refractivity contribution in [2.45, 2.75) is 30.5 Å². The molecule has 3 unspecified atom stereocenters. The van der Waals surface area contributed by atoms with Crippen LogP contribution in [-0.4, -0.2) is 106 Å². The van der Waals surface area contributed by atoms with E-state index in [0.29, 0.717) is 61.5 Å². The lowest BCUT2D eigenvalue weighted by Gasteiger charge is -2.35. The number of hydrogen-bond donors (Lipinski definition) is 3. The van der Waals surface area contributed by atoms with Crippen LogP contribution in [0.25, 0.3) is 10.9 Å². The number of aryl methyl sites for hydroxylation is 1. The number of fused-ring (bicyclic) bond motifs is 2. The molecule has 4 heterocycles. The SMILES string of the molecule is Cc1nc(NC(=O)O)sc1S(=O)(=O)N1CCN(CC(C)Nc2ncnc3c(C(=O)N4CC5CC5C4)cccc23)CC1. The van der Waals surface area contributed by atoms with Crippen molar-refractivity contribution < 1.29 is 23.1 Å². The zero-order chi connectivity index (χ0) is 28.9. The van der Waals surface area contributed by atoms with Crippen LogP contribution in [0, 0.1) is 18.8 Å². The number of anilines is 2. The van der Waals surface area contributed by atoms with Crippen molar-refractivity contribution in [1.29, 1.82) is 0 Å². The van der Waals surface area contributed by atoms with Crippen LogP contribution in [0.5, 0.6) is 0 Å². The van der Waals surface area contributed by atoms with E-state index in [1.54, 1.807) is 6.92 Å². The highest BCUT2D eigenvalue weighted by Crippen LogP contribution is 2.45. The minimum absolute atomic E-state index is 0.00491. The number of carbonyl (C=O) groups is 2. The summed E-state index contributed by atoms with van der Waals surface area (Å²) in [5.74, 6) is 2.01. The van der Waals surface area contributed by atoms with Gasteiger partial charge in [0.2, 0.25) is 0 Å². The zero-order valence-electron chi connectivity index (χ0n) is 22.8. The van der Waals surface area contributed by atoms with Crippen molar-refractivity contribution in [2.75, 3.05) is 56.4 Å². The standard InChI is InChI=1S/C26H32N8O5S2/c1-15(11-32-6-8-34(9-7-32)41(38,39)24-16(2)30-25(40-24)31-26(36)37)29-22-19-4-3-5-20(21(19)27-14-28-22)23(35)33-12-17-10-18(17)13-33/h3-5,14-15,17-18H,6-13H2,1-2H3,(H,30,31)(H,36,37)(H,27,28,29). The van der Waals surface area contributed by atoms with E-state index in [-0.39, 0.29) is 27.0 Å². The number of amides is 2. The van der Waals surface area contributed by atoms with E-state index in [4.69, 9.17) is 5.11 Å². The number of sulfonamides is 1. The molecule has 6 rings (SSSR count). The molecule has 218 valence electrons. The Morgan fingerprint density at radius 3 is 2.59 bits per heavy atom. The lowest BCUT2D eigenvalue weighted by molar-refractivity contribution is 0.0777. The van der Waals surface area contributed by atoms with Crippen LogP contribution < -0.4 is 10.6 Å². The molecule has 41 heavy (non-hydrogen) atoms. The number of nitrogens with zero attached hydrogens (tertiary/aromatic N) is 6. The Bertz CT molecular complexity index is 1590. The van der Waals surface area contributed by atoms with E-state index in [1.165, 1.54) is 17.1 Å². The van der Waals surface area contributed by atoms with E-state index in [2.05, 4.69) is 30.5 Å². The fraction of sp³-hybridized carbons (Fsp3) is 0.500. The average Bonchev–Trinajstić information content (AvgIpc) is 3.35. The summed E-state index contributed by atoms with van der Waals surface area (Å²) in [4.78, 5) is 41.2. The van der Waals surface area contributed by atoms with Crippen molar-refractivity contribution in [3.8, 4) is 0 Å². The number of para-hydroxylation sites is 1. The summed E-state index contributed by atoms with van der Waals surface area (Å²) in [6.45, 7) is 7.64. The van der Waals surface area contributed by atoms with E-state index in [9.17, 15) is 18.0 Å². The lowest BCUT2D eigenvalue weighted by atomic mass is 10.1. The fourth-order valence-corrected chi connectivity index (χ4v) is 8.77. The first kappa shape index (κ1) is 27.8. The molecule has 3 aromatic rings. The average molecular weight is 601 g/mol. The molecule has 1 aromatic carbocycles. The molecule has 2 aliphatic heterocycles. The molecule has 3 fully saturated rings. The third-order valence-electron chi connectivity index (χ3n) is 7.95. The van der Waals surface area contributed by atoms with Gasteiger partial charge in [-0.05, 0) is 44.2 Å². The highest BCUT2D eigenvalue weighted by Gasteiger charge is 2.46. The smallest absolute Gasteiger partial charge is 0.410 e. The molecular weight excluding hydrogens is 568 g/mol. The van der Waals surface area contributed by atoms with Gasteiger partial charge < -0.3 is 15.3 Å². The Morgan fingerprint density at radius 2 is 1.88 bits per heavy atom. The Balaban J connectivity index is 1.08. The Morgan fingerprint density at radius 1 is 1.15 bits per heavy atom. The number of benzene rings is 1. The summed E-state index contributed by atoms with van der Waals surface area (Å²) < 4.78 is 27.9. The normalized spacial score (nSPS) is 22.0. The van der Waals surface area contributed by atoms with Crippen LogP contribution in [0.4, 0.5) is 15.7 Å². The Labute approximate surface area is 241 Å². The van der Waals surface area contributed by atoms with Gasteiger partial charge in [-0.3, -0.25) is 15.0 Å². The molecule has 1 saturated carbocycles. The van der Waals surface area contributed by atoms with Crippen molar-refractivity contribution >= 4 is 55.2 Å². The van der Waals surface area contributed by atoms with Gasteiger partial charge in [0.25, 0.3) is 15.9 Å². The molecule has 0 bridgehead atoms. The molecule has 3 atom stereocenters. The first-order valence-corrected chi connectivity index (χ1v) is 15.8. The summed E-state index contributed by atoms with van der Waals surface area (Å²) in [5.41, 5.74) is 1.51. The molecule has 0 radical (unpaired) electrons. The number of piperidine rings is 1. The maximum Gasteiger partial charge on any atom is 0.410 e. The summed E-state index contributed by atoms with van der Waals surface area (Å²) >= 11 is 0.822. The van der Waals surface area contributed by atoms with Crippen molar-refractivity contribution in [1.82, 2.24) is 29.1 Å². The lowest BCUT2D eigenvalue weighted by Crippen LogP contribution is -2.50. The molecule has 1 aliphatic carbocycles. The Hall–Kier alpha value is -3.40. The third-order valence-corrected chi connectivity index (χ3v) is 11.5. The highest BCUT2D eigenvalue weighted by molar-refractivity contribution is 7.91. The van der Waals surface area contributed by atoms with Crippen molar-refractivity contribution in [2.24, 2.45) is 11.8 Å². The number of carbonyl (C=O) groups excluding carboxylic acids is 1. The third kappa shape index (κ3) is 5.58. The topological polar surface area (TPSA) is 161 Å². The summed E-state index contributed by atoms with van der Waals surface area (Å²) in [6.07, 6.45) is 1.43. The van der Waals surface area contributed by atoms with Crippen LogP contribution in [0.1, 0.15) is 29.4 Å². The highest BCUT2D eigenvalue weighted by atomic mass is 32.2. The van der Waals surface area contributed by atoms with Gasteiger partial charge in [-0.25, -0.2) is 28.2 Å². The number of nitrogens with one attached hydrogen (secondary N) is 2. The van der Waals surface area contributed by atoms with Crippen LogP contribution in [-0.2, 0) is 10.0 Å². The first-order chi connectivity index (χ1) is 19.6. The number of likely N-dealkylation sites (tertiary alicyclic amines) is 1. The number of aromatic nitrogens is 3. The van der Waals surface area contributed by atoms with Crippen LogP contribution in [0.3, 0.4) is 0 Å². The predicted molar refractivity (Wildman–Crippen MR) is 154 cm³/mol. The largest absolute Gasteiger partial charge is 0.465 e. The number of rotatable bonds is 8. The summed E-state index contributed by atoms with van der Waals surface area (Å²) in [5, 5.41) is 15.3. The summed E-state index contributed by atoms with van der Waals surface area (Å²) in [7, 11) is -3.78. The molecule has 15 heteroatoms.